The van der Waals surface area contributed by atoms with Crippen LogP contribution in [0.4, 0.5) is 0 Å². The molecule has 0 radical (unpaired) electrons. The van der Waals surface area contributed by atoms with E-state index in [1.54, 1.807) is 25.3 Å². The largest absolute Gasteiger partial charge is 3.00 e. The SMILES string of the molecule is C=C(C)C(=O)OC[CH-]COc1c(C)cc(C)cc1CN(C)CP(=O)(O)O.[Y+3]. The van der Waals surface area contributed by atoms with Gasteiger partial charge in [-0.05, 0) is 46.6 Å². The Kier molecular flexibility index (Phi) is 11.9. The van der Waals surface area contributed by atoms with Gasteiger partial charge >= 0.3 is 46.3 Å². The fraction of sp³-hybridized carbons (Fsp3) is 0.444. The Morgan fingerprint density at radius 1 is 1.30 bits per heavy atom. The van der Waals surface area contributed by atoms with Gasteiger partial charge in [0, 0.05) is 17.7 Å². The molecule has 9 heteroatoms. The van der Waals surface area contributed by atoms with E-state index in [-0.39, 0.29) is 52.2 Å². The standard InChI is InChI=1S/C18H27NO6P.Y/c1-13(2)18(20)25-8-6-7-24-17-15(4)9-14(3)10-16(17)11-19(5)12-26(21,22)23;/h6,9-10H,1,7-8,11-12H2,2-5H3,(H2,21,22,23);/q-1;+3. The third-order valence-electron chi connectivity index (χ3n) is 3.39. The number of esters is 1. The van der Waals surface area contributed by atoms with Crippen LogP contribution in [0.2, 0.25) is 0 Å². The minimum absolute atomic E-state index is 0. The Labute approximate surface area is 186 Å². The van der Waals surface area contributed by atoms with Crippen molar-refractivity contribution in [2.45, 2.75) is 27.3 Å². The Balaban J connectivity index is 0.00000676. The first kappa shape index (κ1) is 26.4. The van der Waals surface area contributed by atoms with Gasteiger partial charge in [-0.15, -0.1) is 0 Å². The third kappa shape index (κ3) is 10.5. The molecular formula is C18H27NO6PY+2. The van der Waals surface area contributed by atoms with E-state index in [1.165, 1.54) is 0 Å². The normalized spacial score (nSPS) is 11.1. The number of hydrogen-bond donors (Lipinski definition) is 2. The maximum Gasteiger partial charge on any atom is 3.00 e. The molecule has 0 aliphatic carbocycles. The average Bonchev–Trinajstić information content (AvgIpc) is 2.46. The van der Waals surface area contributed by atoms with E-state index in [0.29, 0.717) is 17.9 Å². The van der Waals surface area contributed by atoms with Crippen LogP contribution in [0.5, 0.6) is 5.75 Å². The van der Waals surface area contributed by atoms with Crippen LogP contribution in [0.25, 0.3) is 0 Å². The molecule has 0 spiro atoms. The number of hydrogen-bond acceptors (Lipinski definition) is 5. The zero-order chi connectivity index (χ0) is 19.9. The van der Waals surface area contributed by atoms with Crippen LogP contribution in [0, 0.1) is 20.3 Å². The molecule has 0 atom stereocenters. The summed E-state index contributed by atoms with van der Waals surface area (Å²) in [5.74, 6) is 0.211. The van der Waals surface area contributed by atoms with Gasteiger partial charge in [-0.3, -0.25) is 15.9 Å². The van der Waals surface area contributed by atoms with Gasteiger partial charge < -0.3 is 19.3 Å². The van der Waals surface area contributed by atoms with Crippen molar-refractivity contribution in [3.8, 4) is 5.75 Å². The first-order valence-electron chi connectivity index (χ1n) is 8.10. The van der Waals surface area contributed by atoms with E-state index in [9.17, 15) is 9.36 Å². The second-order valence-electron chi connectivity index (χ2n) is 6.37. The van der Waals surface area contributed by atoms with Crippen LogP contribution < -0.4 is 4.74 Å². The van der Waals surface area contributed by atoms with Gasteiger partial charge in [-0.25, -0.2) is 4.79 Å². The van der Waals surface area contributed by atoms with Crippen molar-refractivity contribution in [1.29, 1.82) is 0 Å². The van der Waals surface area contributed by atoms with Crippen LogP contribution in [-0.4, -0.2) is 47.2 Å². The van der Waals surface area contributed by atoms with E-state index < -0.39 is 13.6 Å². The number of aryl methyl sites for hydroxylation is 2. The van der Waals surface area contributed by atoms with E-state index in [2.05, 4.69) is 6.58 Å². The fourth-order valence-electron chi connectivity index (χ4n) is 2.47. The first-order valence-corrected chi connectivity index (χ1v) is 9.89. The second-order valence-corrected chi connectivity index (χ2v) is 7.98. The quantitative estimate of drug-likeness (QED) is 0.177. The van der Waals surface area contributed by atoms with E-state index in [4.69, 9.17) is 19.3 Å². The summed E-state index contributed by atoms with van der Waals surface area (Å²) in [5.41, 5.74) is 3.14. The summed E-state index contributed by atoms with van der Waals surface area (Å²) in [4.78, 5) is 31.1. The van der Waals surface area contributed by atoms with Crippen molar-refractivity contribution in [3.63, 3.8) is 0 Å². The van der Waals surface area contributed by atoms with Gasteiger partial charge in [0.1, 0.15) is 12.0 Å². The molecule has 0 amide bonds. The Hall–Kier alpha value is -0.556. The number of nitrogens with zero attached hydrogens (tertiary/aromatic N) is 1. The van der Waals surface area contributed by atoms with Crippen molar-refractivity contribution in [2.75, 3.05) is 26.5 Å². The molecule has 1 rings (SSSR count). The molecule has 0 fully saturated rings. The third-order valence-corrected chi connectivity index (χ3v) is 4.24. The Bertz CT molecular complexity index is 703. The van der Waals surface area contributed by atoms with Gasteiger partial charge in [-0.2, -0.15) is 0 Å². The van der Waals surface area contributed by atoms with Gasteiger partial charge in [0.05, 0.1) is 0 Å². The van der Waals surface area contributed by atoms with Crippen LogP contribution in [0.15, 0.2) is 24.3 Å². The van der Waals surface area contributed by atoms with Crippen LogP contribution >= 0.6 is 7.60 Å². The molecule has 7 nitrogen and oxygen atoms in total. The molecule has 1 aromatic carbocycles. The van der Waals surface area contributed by atoms with E-state index in [1.807, 2.05) is 26.0 Å². The minimum Gasteiger partial charge on any atom is -0.524 e. The zero-order valence-electron chi connectivity index (χ0n) is 16.3. The molecular weight excluding hydrogens is 446 g/mol. The number of benzene rings is 1. The molecule has 0 aliphatic rings. The zero-order valence-corrected chi connectivity index (χ0v) is 20.0. The van der Waals surface area contributed by atoms with Gasteiger partial charge in [0.2, 0.25) is 0 Å². The predicted octanol–water partition coefficient (Wildman–Crippen LogP) is 2.57. The number of carbonyl (C=O) groups excluding carboxylic acids is 1. The van der Waals surface area contributed by atoms with Crippen molar-refractivity contribution < 1.29 is 61.3 Å². The second kappa shape index (κ2) is 12.1. The summed E-state index contributed by atoms with van der Waals surface area (Å²) in [6.45, 7) is 9.64. The van der Waals surface area contributed by atoms with Crippen molar-refractivity contribution in [3.05, 3.63) is 47.4 Å². The summed E-state index contributed by atoms with van der Waals surface area (Å²) in [7, 11) is -2.48. The van der Waals surface area contributed by atoms with Gasteiger partial charge in [0.15, 0.2) is 0 Å². The molecule has 27 heavy (non-hydrogen) atoms. The maximum absolute atomic E-state index is 11.3. The van der Waals surface area contributed by atoms with E-state index in [0.717, 1.165) is 16.7 Å². The maximum atomic E-state index is 11.3. The van der Waals surface area contributed by atoms with Crippen LogP contribution in [0.3, 0.4) is 0 Å². The summed E-state index contributed by atoms with van der Waals surface area (Å²) in [6, 6.07) is 3.91. The van der Waals surface area contributed by atoms with Gasteiger partial charge in [-0.1, -0.05) is 24.3 Å². The summed E-state index contributed by atoms with van der Waals surface area (Å²) in [6.07, 6.45) is 1.35. The monoisotopic (exact) mass is 473 g/mol. The predicted molar refractivity (Wildman–Crippen MR) is 99.9 cm³/mol. The number of ether oxygens (including phenoxy) is 2. The van der Waals surface area contributed by atoms with Crippen LogP contribution in [0.1, 0.15) is 23.6 Å². The molecule has 0 saturated heterocycles. The molecule has 1 aromatic rings. The molecule has 0 heterocycles. The van der Waals surface area contributed by atoms with Crippen molar-refractivity contribution >= 4 is 13.6 Å². The van der Waals surface area contributed by atoms with Crippen LogP contribution in [-0.2, 0) is 53.4 Å². The smallest absolute Gasteiger partial charge is 0.524 e. The molecule has 0 unspecified atom stereocenters. The Morgan fingerprint density at radius 2 is 1.93 bits per heavy atom. The molecule has 146 valence electrons. The first-order chi connectivity index (χ1) is 12.0. The molecule has 0 bridgehead atoms. The number of rotatable bonds is 10. The molecule has 0 aromatic heterocycles. The molecule has 0 aliphatic heterocycles. The number of carbonyl (C=O) groups is 1. The van der Waals surface area contributed by atoms with Gasteiger partial charge in [0.25, 0.3) is 0 Å². The van der Waals surface area contributed by atoms with Crippen molar-refractivity contribution in [1.82, 2.24) is 4.90 Å². The van der Waals surface area contributed by atoms with Crippen molar-refractivity contribution in [2.24, 2.45) is 0 Å². The summed E-state index contributed by atoms with van der Waals surface area (Å²) < 4.78 is 21.9. The van der Waals surface area contributed by atoms with E-state index >= 15 is 0 Å². The molecule has 0 saturated carbocycles. The molecule has 2 N–H and O–H groups in total. The fourth-order valence-corrected chi connectivity index (χ4v) is 3.20. The Morgan fingerprint density at radius 3 is 2.48 bits per heavy atom. The topological polar surface area (TPSA) is 96.3 Å². The average molecular weight is 473 g/mol. The summed E-state index contributed by atoms with van der Waals surface area (Å²) in [5, 5.41) is 0. The minimum atomic E-state index is -4.12. The summed E-state index contributed by atoms with van der Waals surface area (Å²) >= 11 is 0.